The molecule has 0 fully saturated rings. The highest BCUT2D eigenvalue weighted by atomic mass is 35.5. The Morgan fingerprint density at radius 1 is 1.18 bits per heavy atom. The van der Waals surface area contributed by atoms with Crippen molar-refractivity contribution in [3.05, 3.63) is 56.5 Å². The van der Waals surface area contributed by atoms with Crippen LogP contribution in [0.5, 0.6) is 0 Å². The topological polar surface area (TPSA) is 79.2 Å². The van der Waals surface area contributed by atoms with E-state index in [1.807, 2.05) is 0 Å². The molecule has 0 aliphatic carbocycles. The summed E-state index contributed by atoms with van der Waals surface area (Å²) in [6, 6.07) is 6.90. The zero-order valence-electron chi connectivity index (χ0n) is 12.0. The highest BCUT2D eigenvalue weighted by Gasteiger charge is 2.21. The Kier molecular flexibility index (Phi) is 3.46. The number of hydrazone groups is 1. The summed E-state index contributed by atoms with van der Waals surface area (Å²) >= 11 is 5.86. The third-order valence-corrected chi connectivity index (χ3v) is 3.70. The lowest BCUT2D eigenvalue weighted by Crippen LogP contribution is -2.17. The normalized spacial score (nSPS) is 16.0. The third kappa shape index (κ3) is 2.37. The lowest BCUT2D eigenvalue weighted by atomic mass is 10.1. The number of benzene rings is 1. The van der Waals surface area contributed by atoms with Crippen LogP contribution in [-0.2, 0) is 4.79 Å². The number of aryl methyl sites for hydroxylation is 1. The number of carbonyl (C=O) groups is 1. The number of aromatic nitrogens is 2. The average molecular weight is 317 g/mol. The molecule has 0 atom stereocenters. The van der Waals surface area contributed by atoms with E-state index in [-0.39, 0.29) is 11.5 Å². The van der Waals surface area contributed by atoms with E-state index >= 15 is 0 Å². The molecule has 1 aromatic carbocycles. The van der Waals surface area contributed by atoms with Crippen molar-refractivity contribution in [3.8, 4) is 5.69 Å². The number of nitrogens with zero attached hydrogens (tertiary/aromatic N) is 2. The second kappa shape index (κ2) is 5.31. The predicted molar refractivity (Wildman–Crippen MR) is 85.4 cm³/mol. The van der Waals surface area contributed by atoms with Gasteiger partial charge in [-0.3, -0.25) is 14.7 Å². The number of hydrogen-bond donors (Lipinski definition) is 2. The summed E-state index contributed by atoms with van der Waals surface area (Å²) in [4.78, 5) is 24.3. The minimum atomic E-state index is -0.310. The highest BCUT2D eigenvalue weighted by Crippen LogP contribution is 2.15. The van der Waals surface area contributed by atoms with Gasteiger partial charge in [0.05, 0.1) is 22.5 Å². The van der Waals surface area contributed by atoms with E-state index in [9.17, 15) is 9.59 Å². The van der Waals surface area contributed by atoms with Gasteiger partial charge in [0.1, 0.15) is 0 Å². The van der Waals surface area contributed by atoms with Crippen molar-refractivity contribution < 1.29 is 4.79 Å². The molecule has 2 aromatic rings. The molecule has 0 unspecified atom stereocenters. The fourth-order valence-corrected chi connectivity index (χ4v) is 2.36. The SMILES string of the molecule is CC1=NNC(=O)/C1=C/c1c(C)[nH]n(-c2ccc(Cl)cc2)c1=O. The van der Waals surface area contributed by atoms with E-state index in [1.54, 1.807) is 44.2 Å². The molecule has 2 heterocycles. The predicted octanol–water partition coefficient (Wildman–Crippen LogP) is 2.02. The summed E-state index contributed by atoms with van der Waals surface area (Å²) in [5.41, 5.74) is 4.85. The first-order chi connectivity index (χ1) is 10.5. The van der Waals surface area contributed by atoms with Crippen molar-refractivity contribution in [1.29, 1.82) is 0 Å². The van der Waals surface area contributed by atoms with Crippen molar-refractivity contribution in [2.24, 2.45) is 5.10 Å². The quantitative estimate of drug-likeness (QED) is 0.831. The maximum atomic E-state index is 12.6. The molecule has 0 bridgehead atoms. The Morgan fingerprint density at radius 3 is 2.45 bits per heavy atom. The Labute approximate surface area is 131 Å². The van der Waals surface area contributed by atoms with E-state index in [4.69, 9.17) is 11.6 Å². The zero-order chi connectivity index (χ0) is 15.9. The fraction of sp³-hybridized carbons (Fsp3) is 0.133. The number of hydrogen-bond acceptors (Lipinski definition) is 3. The van der Waals surface area contributed by atoms with Gasteiger partial charge >= 0.3 is 0 Å². The lowest BCUT2D eigenvalue weighted by Gasteiger charge is -2.00. The van der Waals surface area contributed by atoms with Crippen molar-refractivity contribution in [1.82, 2.24) is 15.2 Å². The average Bonchev–Trinajstić information content (AvgIpc) is 2.95. The summed E-state index contributed by atoms with van der Waals surface area (Å²) < 4.78 is 1.41. The van der Waals surface area contributed by atoms with Crippen molar-refractivity contribution in [2.75, 3.05) is 0 Å². The monoisotopic (exact) mass is 316 g/mol. The molecule has 1 aliphatic heterocycles. The smallest absolute Gasteiger partial charge is 0.278 e. The van der Waals surface area contributed by atoms with Gasteiger partial charge in [-0.2, -0.15) is 5.10 Å². The third-order valence-electron chi connectivity index (χ3n) is 3.45. The Bertz CT molecular complexity index is 872. The fourth-order valence-electron chi connectivity index (χ4n) is 2.24. The highest BCUT2D eigenvalue weighted by molar-refractivity contribution is 6.30. The minimum absolute atomic E-state index is 0.236. The molecule has 2 N–H and O–H groups in total. The summed E-state index contributed by atoms with van der Waals surface area (Å²) in [5.74, 6) is -0.310. The number of rotatable bonds is 2. The molecule has 6 nitrogen and oxygen atoms in total. The molecule has 0 saturated carbocycles. The van der Waals surface area contributed by atoms with E-state index in [0.717, 1.165) is 0 Å². The molecule has 0 radical (unpaired) electrons. The lowest BCUT2D eigenvalue weighted by molar-refractivity contribution is -0.116. The van der Waals surface area contributed by atoms with Crippen LogP contribution in [0.1, 0.15) is 18.2 Å². The minimum Gasteiger partial charge on any atom is -0.295 e. The second-order valence-electron chi connectivity index (χ2n) is 4.96. The van der Waals surface area contributed by atoms with Gasteiger partial charge < -0.3 is 0 Å². The molecular formula is C15H13ClN4O2. The molecule has 0 spiro atoms. The molecule has 1 aromatic heterocycles. The maximum Gasteiger partial charge on any atom is 0.278 e. The first-order valence-electron chi connectivity index (χ1n) is 6.61. The zero-order valence-corrected chi connectivity index (χ0v) is 12.7. The Balaban J connectivity index is 2.10. The van der Waals surface area contributed by atoms with E-state index in [2.05, 4.69) is 15.6 Å². The number of H-pyrrole nitrogens is 1. The van der Waals surface area contributed by atoms with Crippen LogP contribution in [0.2, 0.25) is 5.02 Å². The van der Waals surface area contributed by atoms with Crippen LogP contribution in [-0.4, -0.2) is 21.4 Å². The molecule has 7 heteroatoms. The molecular weight excluding hydrogens is 304 g/mol. The number of halogens is 1. The molecule has 1 aliphatic rings. The van der Waals surface area contributed by atoms with Crippen molar-refractivity contribution >= 4 is 29.3 Å². The first kappa shape index (κ1) is 14.3. The van der Waals surface area contributed by atoms with E-state index in [1.165, 1.54) is 4.68 Å². The van der Waals surface area contributed by atoms with Gasteiger partial charge in [0.15, 0.2) is 0 Å². The van der Waals surface area contributed by atoms with Gasteiger partial charge in [0.25, 0.3) is 11.5 Å². The molecule has 1 amide bonds. The number of amides is 1. The molecule has 0 saturated heterocycles. The van der Waals surface area contributed by atoms with Gasteiger partial charge in [0.2, 0.25) is 0 Å². The van der Waals surface area contributed by atoms with Crippen LogP contribution in [0.4, 0.5) is 0 Å². The largest absolute Gasteiger partial charge is 0.295 e. The number of nitrogens with one attached hydrogen (secondary N) is 2. The van der Waals surface area contributed by atoms with Gasteiger partial charge in [0, 0.05) is 10.7 Å². The van der Waals surface area contributed by atoms with Gasteiger partial charge in [-0.15, -0.1) is 0 Å². The van der Waals surface area contributed by atoms with Gasteiger partial charge in [-0.05, 0) is 44.2 Å². The van der Waals surface area contributed by atoms with Crippen LogP contribution in [0.3, 0.4) is 0 Å². The summed E-state index contributed by atoms with van der Waals surface area (Å²) in [6.45, 7) is 3.49. The van der Waals surface area contributed by atoms with Gasteiger partial charge in [-0.25, -0.2) is 10.1 Å². The molecule has 112 valence electrons. The van der Waals surface area contributed by atoms with E-state index in [0.29, 0.717) is 33.3 Å². The second-order valence-corrected chi connectivity index (χ2v) is 5.40. The Morgan fingerprint density at radius 2 is 1.86 bits per heavy atom. The van der Waals surface area contributed by atoms with Gasteiger partial charge in [-0.1, -0.05) is 11.6 Å². The summed E-state index contributed by atoms with van der Waals surface area (Å²) in [7, 11) is 0. The van der Waals surface area contributed by atoms with Crippen LogP contribution in [0.25, 0.3) is 11.8 Å². The summed E-state index contributed by atoms with van der Waals surface area (Å²) in [6.07, 6.45) is 1.56. The van der Waals surface area contributed by atoms with Crippen LogP contribution in [0, 0.1) is 6.92 Å². The number of carbonyl (C=O) groups excluding carboxylic acids is 1. The van der Waals surface area contributed by atoms with Crippen LogP contribution in [0.15, 0.2) is 39.7 Å². The van der Waals surface area contributed by atoms with Crippen molar-refractivity contribution in [3.63, 3.8) is 0 Å². The maximum absolute atomic E-state index is 12.6. The first-order valence-corrected chi connectivity index (χ1v) is 6.99. The van der Waals surface area contributed by atoms with Crippen LogP contribution >= 0.6 is 11.6 Å². The van der Waals surface area contributed by atoms with Crippen LogP contribution < -0.4 is 11.0 Å². The molecule has 22 heavy (non-hydrogen) atoms. The van der Waals surface area contributed by atoms with E-state index < -0.39 is 0 Å². The standard InChI is InChI=1S/C15H13ClN4O2/c1-8-12(14(21)18-17-8)7-13-9(2)19-20(15(13)22)11-5-3-10(16)4-6-11/h3-7,19H,1-2H3,(H,18,21)/b12-7+. The molecule has 3 rings (SSSR count). The summed E-state index contributed by atoms with van der Waals surface area (Å²) in [5, 5.41) is 7.44. The number of aromatic amines is 1. The van der Waals surface area contributed by atoms with Crippen molar-refractivity contribution in [2.45, 2.75) is 13.8 Å². The Hall–Kier alpha value is -2.60.